The van der Waals surface area contributed by atoms with Gasteiger partial charge in [-0.1, -0.05) is 13.0 Å². The minimum Gasteiger partial charge on any atom is -0.493 e. The van der Waals surface area contributed by atoms with Crippen LogP contribution in [0.15, 0.2) is 18.2 Å². The van der Waals surface area contributed by atoms with E-state index in [4.69, 9.17) is 9.47 Å². The molecule has 0 saturated carbocycles. The summed E-state index contributed by atoms with van der Waals surface area (Å²) in [6.07, 6.45) is 0.853. The second-order valence-electron chi connectivity index (χ2n) is 4.17. The third kappa shape index (κ3) is 6.16. The number of nitrogens with one attached hydrogen (secondary N) is 1. The molecular formula is C14H21F2NO3. The van der Waals surface area contributed by atoms with Gasteiger partial charge in [0.25, 0.3) is 0 Å². The van der Waals surface area contributed by atoms with Crippen molar-refractivity contribution < 1.29 is 23.0 Å². The first-order valence-corrected chi connectivity index (χ1v) is 6.57. The largest absolute Gasteiger partial charge is 0.493 e. The van der Waals surface area contributed by atoms with Crippen molar-refractivity contribution in [3.63, 3.8) is 0 Å². The second-order valence-corrected chi connectivity index (χ2v) is 4.17. The van der Waals surface area contributed by atoms with Crippen LogP contribution in [-0.2, 0) is 11.3 Å². The maximum absolute atomic E-state index is 12.4. The highest BCUT2D eigenvalue weighted by molar-refractivity contribution is 5.40. The molecule has 1 aromatic rings. The van der Waals surface area contributed by atoms with Crippen LogP contribution in [0.5, 0.6) is 11.5 Å². The predicted molar refractivity (Wildman–Crippen MR) is 72.4 cm³/mol. The Morgan fingerprint density at radius 3 is 2.70 bits per heavy atom. The third-order valence-electron chi connectivity index (χ3n) is 2.53. The number of ether oxygens (including phenoxy) is 3. The first-order valence-electron chi connectivity index (χ1n) is 6.57. The van der Waals surface area contributed by atoms with Crippen LogP contribution in [0, 0.1) is 0 Å². The van der Waals surface area contributed by atoms with Crippen molar-refractivity contribution in [2.45, 2.75) is 26.5 Å². The van der Waals surface area contributed by atoms with Crippen molar-refractivity contribution in [3.8, 4) is 11.5 Å². The van der Waals surface area contributed by atoms with E-state index in [1.54, 1.807) is 19.2 Å². The van der Waals surface area contributed by atoms with Crippen LogP contribution < -0.4 is 14.8 Å². The molecule has 0 aliphatic heterocycles. The molecule has 0 fully saturated rings. The van der Waals surface area contributed by atoms with E-state index in [-0.39, 0.29) is 5.75 Å². The number of halogens is 2. The third-order valence-corrected chi connectivity index (χ3v) is 2.53. The number of hydrogen-bond donors (Lipinski definition) is 1. The van der Waals surface area contributed by atoms with Gasteiger partial charge in [0.05, 0.1) is 13.2 Å². The standard InChI is InChI=1S/C14H21F2NO3/c1-3-7-19-12-5-4-11(10-17-6-8-18-2)13(9-12)20-14(15)16/h4-5,9,14,17H,3,6-8,10H2,1-2H3. The minimum absolute atomic E-state index is 0.138. The lowest BCUT2D eigenvalue weighted by Crippen LogP contribution is -2.19. The molecule has 0 unspecified atom stereocenters. The zero-order valence-corrected chi connectivity index (χ0v) is 11.8. The monoisotopic (exact) mass is 289 g/mol. The summed E-state index contributed by atoms with van der Waals surface area (Å²) in [6, 6.07) is 4.97. The summed E-state index contributed by atoms with van der Waals surface area (Å²) in [5, 5.41) is 3.09. The lowest BCUT2D eigenvalue weighted by Gasteiger charge is -2.13. The van der Waals surface area contributed by atoms with E-state index >= 15 is 0 Å². The number of benzene rings is 1. The molecule has 0 amide bonds. The van der Waals surface area contributed by atoms with Crippen LogP contribution in [0.1, 0.15) is 18.9 Å². The summed E-state index contributed by atoms with van der Waals surface area (Å²) in [5.74, 6) is 0.668. The highest BCUT2D eigenvalue weighted by Gasteiger charge is 2.11. The summed E-state index contributed by atoms with van der Waals surface area (Å²) in [4.78, 5) is 0. The number of methoxy groups -OCH3 is 1. The average Bonchev–Trinajstić information content (AvgIpc) is 2.42. The van der Waals surface area contributed by atoms with Crippen molar-refractivity contribution >= 4 is 0 Å². The molecule has 4 nitrogen and oxygen atoms in total. The Morgan fingerprint density at radius 2 is 2.05 bits per heavy atom. The average molecular weight is 289 g/mol. The molecule has 0 atom stereocenters. The van der Waals surface area contributed by atoms with E-state index in [1.807, 2.05) is 6.92 Å². The van der Waals surface area contributed by atoms with Crippen molar-refractivity contribution in [1.29, 1.82) is 0 Å². The molecule has 0 aliphatic rings. The van der Waals surface area contributed by atoms with Crippen molar-refractivity contribution in [1.82, 2.24) is 5.32 Å². The van der Waals surface area contributed by atoms with Crippen LogP contribution in [0.25, 0.3) is 0 Å². The summed E-state index contributed by atoms with van der Waals surface area (Å²) >= 11 is 0. The lowest BCUT2D eigenvalue weighted by molar-refractivity contribution is -0.0506. The SMILES string of the molecule is CCCOc1ccc(CNCCOC)c(OC(F)F)c1. The van der Waals surface area contributed by atoms with Gasteiger partial charge in [-0.15, -0.1) is 0 Å². The maximum atomic E-state index is 12.4. The Bertz CT molecular complexity index is 389. The fraction of sp³-hybridized carbons (Fsp3) is 0.571. The molecule has 0 aliphatic carbocycles. The molecule has 114 valence electrons. The fourth-order valence-electron chi connectivity index (χ4n) is 1.59. The van der Waals surface area contributed by atoms with Crippen molar-refractivity contribution in [2.24, 2.45) is 0 Å². The normalized spacial score (nSPS) is 10.8. The van der Waals surface area contributed by atoms with Crippen LogP contribution in [0.3, 0.4) is 0 Å². The summed E-state index contributed by atoms with van der Waals surface area (Å²) in [6.45, 7) is 1.29. The highest BCUT2D eigenvalue weighted by atomic mass is 19.3. The van der Waals surface area contributed by atoms with Gasteiger partial charge in [-0.05, 0) is 12.5 Å². The van der Waals surface area contributed by atoms with Gasteiger partial charge in [-0.2, -0.15) is 8.78 Å². The van der Waals surface area contributed by atoms with Gasteiger partial charge < -0.3 is 19.5 Å². The smallest absolute Gasteiger partial charge is 0.387 e. The second kappa shape index (κ2) is 9.50. The molecule has 0 heterocycles. The van der Waals surface area contributed by atoms with E-state index in [2.05, 4.69) is 10.1 Å². The van der Waals surface area contributed by atoms with E-state index in [0.29, 0.717) is 37.6 Å². The molecule has 1 N–H and O–H groups in total. The molecule has 0 bridgehead atoms. The highest BCUT2D eigenvalue weighted by Crippen LogP contribution is 2.26. The predicted octanol–water partition coefficient (Wildman–Crippen LogP) is 2.81. The van der Waals surface area contributed by atoms with E-state index < -0.39 is 6.61 Å². The Hall–Kier alpha value is -1.40. The summed E-state index contributed by atoms with van der Waals surface area (Å²) in [7, 11) is 1.60. The van der Waals surface area contributed by atoms with Crippen LogP contribution >= 0.6 is 0 Å². The topological polar surface area (TPSA) is 39.7 Å². The summed E-state index contributed by atoms with van der Waals surface area (Å²) < 4.78 is 39.7. The Kier molecular flexibility index (Phi) is 7.91. The number of alkyl halides is 2. The van der Waals surface area contributed by atoms with Gasteiger partial charge in [-0.3, -0.25) is 0 Å². The first-order chi connectivity index (χ1) is 9.67. The number of rotatable bonds is 10. The molecule has 0 radical (unpaired) electrons. The Labute approximate surface area is 118 Å². The minimum atomic E-state index is -2.85. The molecule has 0 saturated heterocycles. The molecule has 20 heavy (non-hydrogen) atoms. The van der Waals surface area contributed by atoms with Gasteiger partial charge in [-0.25, -0.2) is 0 Å². The fourth-order valence-corrected chi connectivity index (χ4v) is 1.59. The Morgan fingerprint density at radius 1 is 1.25 bits per heavy atom. The molecule has 0 spiro atoms. The van der Waals surface area contributed by atoms with Crippen molar-refractivity contribution in [2.75, 3.05) is 26.9 Å². The zero-order valence-electron chi connectivity index (χ0n) is 11.8. The van der Waals surface area contributed by atoms with Crippen LogP contribution in [0.4, 0.5) is 8.78 Å². The number of hydrogen-bond acceptors (Lipinski definition) is 4. The van der Waals surface area contributed by atoms with Crippen LogP contribution in [0.2, 0.25) is 0 Å². The maximum Gasteiger partial charge on any atom is 0.387 e. The van der Waals surface area contributed by atoms with Gasteiger partial charge in [0.15, 0.2) is 0 Å². The quantitative estimate of drug-likeness (QED) is 0.672. The van der Waals surface area contributed by atoms with Gasteiger partial charge in [0.2, 0.25) is 0 Å². The van der Waals surface area contributed by atoms with Crippen molar-refractivity contribution in [3.05, 3.63) is 23.8 Å². The molecule has 0 aromatic heterocycles. The molecule has 6 heteroatoms. The summed E-state index contributed by atoms with van der Waals surface area (Å²) in [5.41, 5.74) is 0.658. The molecule has 1 rings (SSSR count). The lowest BCUT2D eigenvalue weighted by atomic mass is 10.2. The zero-order chi connectivity index (χ0) is 14.8. The first kappa shape index (κ1) is 16.7. The molecular weight excluding hydrogens is 268 g/mol. The van der Waals surface area contributed by atoms with Gasteiger partial charge >= 0.3 is 6.61 Å². The molecule has 1 aromatic carbocycles. The Balaban J connectivity index is 2.69. The van der Waals surface area contributed by atoms with E-state index in [0.717, 1.165) is 6.42 Å². The van der Waals surface area contributed by atoms with Crippen LogP contribution in [-0.4, -0.2) is 33.5 Å². The van der Waals surface area contributed by atoms with Gasteiger partial charge in [0.1, 0.15) is 11.5 Å². The van der Waals surface area contributed by atoms with E-state index in [9.17, 15) is 8.78 Å². The van der Waals surface area contributed by atoms with Gasteiger partial charge in [0, 0.05) is 31.8 Å². The van der Waals surface area contributed by atoms with E-state index in [1.165, 1.54) is 6.07 Å².